The van der Waals surface area contributed by atoms with E-state index in [-0.39, 0.29) is 12.0 Å². The second-order valence-corrected chi connectivity index (χ2v) is 8.15. The number of carbonyl (C=O) groups excluding carboxylic acids is 1. The largest absolute Gasteiger partial charge is 0.466 e. The zero-order valence-corrected chi connectivity index (χ0v) is 15.5. The lowest BCUT2D eigenvalue weighted by atomic mass is 10.0. The van der Waals surface area contributed by atoms with Crippen LogP contribution in [-0.2, 0) is 9.53 Å². The Kier molecular flexibility index (Phi) is 6.52. The highest BCUT2D eigenvalue weighted by atomic mass is 79.9. The van der Waals surface area contributed by atoms with E-state index in [1.807, 2.05) is 6.92 Å². The molecule has 1 atom stereocenters. The Morgan fingerprint density at radius 3 is 2.65 bits per heavy atom. The molecule has 0 aliphatic carbocycles. The third-order valence-corrected chi connectivity index (χ3v) is 6.85. The molecule has 3 nitrogen and oxygen atoms in total. The van der Waals surface area contributed by atoms with Crippen molar-refractivity contribution in [1.29, 1.82) is 0 Å². The predicted octanol–water partition coefficient (Wildman–Crippen LogP) is 4.75. The van der Waals surface area contributed by atoms with E-state index in [9.17, 15) is 4.79 Å². The summed E-state index contributed by atoms with van der Waals surface area (Å²) >= 11 is 8.77. The molecule has 1 unspecified atom stereocenters. The van der Waals surface area contributed by atoms with Crippen LogP contribution in [0.1, 0.15) is 43.5 Å². The molecule has 0 spiro atoms. The van der Waals surface area contributed by atoms with Gasteiger partial charge in [0.25, 0.3) is 0 Å². The molecule has 112 valence electrons. The third-order valence-electron chi connectivity index (χ3n) is 3.49. The molecular formula is C14H19Br2NO2S. The summed E-state index contributed by atoms with van der Waals surface area (Å²) in [4.78, 5) is 15.5. The van der Waals surface area contributed by atoms with Crippen molar-refractivity contribution in [1.82, 2.24) is 4.90 Å². The van der Waals surface area contributed by atoms with Gasteiger partial charge in [0.05, 0.1) is 22.9 Å². The van der Waals surface area contributed by atoms with E-state index in [0.717, 1.165) is 21.3 Å². The molecular weight excluding hydrogens is 406 g/mol. The second kappa shape index (κ2) is 7.92. The van der Waals surface area contributed by atoms with Crippen molar-refractivity contribution in [2.24, 2.45) is 0 Å². The van der Waals surface area contributed by atoms with Gasteiger partial charge in [0.15, 0.2) is 0 Å². The fourth-order valence-corrected chi connectivity index (χ4v) is 4.77. The molecule has 1 aliphatic rings. The molecule has 1 aromatic heterocycles. The fourth-order valence-electron chi connectivity index (χ4n) is 2.54. The number of esters is 1. The second-order valence-electron chi connectivity index (χ2n) is 4.89. The maximum Gasteiger partial charge on any atom is 0.307 e. The summed E-state index contributed by atoms with van der Waals surface area (Å²) in [5.74, 6) is -0.108. The highest BCUT2D eigenvalue weighted by Crippen LogP contribution is 2.39. The molecule has 0 N–H and O–H groups in total. The number of piperidine rings is 1. The Bertz CT molecular complexity index is 439. The molecule has 1 aromatic rings. The van der Waals surface area contributed by atoms with Gasteiger partial charge in [-0.2, -0.15) is 0 Å². The van der Waals surface area contributed by atoms with Gasteiger partial charge < -0.3 is 4.74 Å². The Hall–Kier alpha value is 0.0900. The quantitative estimate of drug-likeness (QED) is 0.638. The number of likely N-dealkylation sites (tertiary alicyclic amines) is 1. The molecule has 0 bridgehead atoms. The minimum Gasteiger partial charge on any atom is -0.466 e. The summed E-state index contributed by atoms with van der Waals surface area (Å²) in [5, 5.41) is 0. The van der Waals surface area contributed by atoms with Crippen molar-refractivity contribution >= 4 is 49.2 Å². The number of hydrogen-bond acceptors (Lipinski definition) is 4. The highest BCUT2D eigenvalue weighted by molar-refractivity contribution is 9.13. The van der Waals surface area contributed by atoms with Gasteiger partial charge in [-0.1, -0.05) is 6.42 Å². The van der Waals surface area contributed by atoms with Gasteiger partial charge in [0.2, 0.25) is 0 Å². The summed E-state index contributed by atoms with van der Waals surface area (Å²) in [6.07, 6.45) is 4.16. The number of rotatable bonds is 5. The molecule has 2 heterocycles. The number of nitrogens with zero attached hydrogens (tertiary/aromatic N) is 1. The number of halogens is 2. The summed E-state index contributed by atoms with van der Waals surface area (Å²) in [6, 6.07) is 2.26. The van der Waals surface area contributed by atoms with E-state index >= 15 is 0 Å². The maximum atomic E-state index is 11.9. The van der Waals surface area contributed by atoms with Gasteiger partial charge in [-0.15, -0.1) is 11.3 Å². The minimum atomic E-state index is -0.108. The van der Waals surface area contributed by atoms with Crippen LogP contribution in [0.15, 0.2) is 14.3 Å². The molecule has 0 radical (unpaired) electrons. The lowest BCUT2D eigenvalue weighted by Crippen LogP contribution is -2.34. The van der Waals surface area contributed by atoms with E-state index in [4.69, 9.17) is 4.74 Å². The van der Waals surface area contributed by atoms with Crippen LogP contribution in [0.4, 0.5) is 0 Å². The van der Waals surface area contributed by atoms with Crippen LogP contribution in [0.3, 0.4) is 0 Å². The monoisotopic (exact) mass is 423 g/mol. The maximum absolute atomic E-state index is 11.9. The summed E-state index contributed by atoms with van der Waals surface area (Å²) < 4.78 is 7.28. The Morgan fingerprint density at radius 1 is 1.40 bits per heavy atom. The Morgan fingerprint density at radius 2 is 2.10 bits per heavy atom. The fraction of sp³-hybridized carbons (Fsp3) is 0.643. The van der Waals surface area contributed by atoms with Gasteiger partial charge in [-0.3, -0.25) is 9.69 Å². The third kappa shape index (κ3) is 4.29. The van der Waals surface area contributed by atoms with E-state index in [2.05, 4.69) is 42.8 Å². The molecule has 0 aromatic carbocycles. The van der Waals surface area contributed by atoms with Crippen LogP contribution >= 0.6 is 43.2 Å². The lowest BCUT2D eigenvalue weighted by molar-refractivity contribution is -0.144. The molecule has 1 saturated heterocycles. The molecule has 1 fully saturated rings. The van der Waals surface area contributed by atoms with Crippen LogP contribution in [0.25, 0.3) is 0 Å². The zero-order chi connectivity index (χ0) is 14.5. The van der Waals surface area contributed by atoms with E-state index in [1.54, 1.807) is 11.3 Å². The molecule has 0 amide bonds. The van der Waals surface area contributed by atoms with Gasteiger partial charge in [-0.05, 0) is 70.8 Å². The van der Waals surface area contributed by atoms with Crippen LogP contribution in [0.5, 0.6) is 0 Å². The molecule has 6 heteroatoms. The van der Waals surface area contributed by atoms with Crippen LogP contribution in [0.2, 0.25) is 0 Å². The van der Waals surface area contributed by atoms with Crippen LogP contribution in [-0.4, -0.2) is 30.6 Å². The van der Waals surface area contributed by atoms with Crippen LogP contribution < -0.4 is 0 Å². The van der Waals surface area contributed by atoms with Crippen molar-refractivity contribution in [3.63, 3.8) is 0 Å². The standard InChI is InChI=1S/C14H19Br2NO2S/c1-2-19-13(18)9-11(17-6-4-3-5-7-17)12-8-10(15)14(16)20-12/h8,11H,2-7,9H2,1H3. The average molecular weight is 425 g/mol. The smallest absolute Gasteiger partial charge is 0.307 e. The molecule has 2 rings (SSSR count). The van der Waals surface area contributed by atoms with Crippen molar-refractivity contribution in [2.75, 3.05) is 19.7 Å². The predicted molar refractivity (Wildman–Crippen MR) is 89.1 cm³/mol. The van der Waals surface area contributed by atoms with Crippen molar-refractivity contribution < 1.29 is 9.53 Å². The molecule has 0 saturated carbocycles. The minimum absolute atomic E-state index is 0.108. The zero-order valence-electron chi connectivity index (χ0n) is 11.5. The Balaban J connectivity index is 2.16. The first-order valence-corrected chi connectivity index (χ1v) is 9.36. The summed E-state index contributed by atoms with van der Waals surface area (Å²) in [7, 11) is 0. The van der Waals surface area contributed by atoms with E-state index in [1.165, 1.54) is 24.1 Å². The summed E-state index contributed by atoms with van der Waals surface area (Å²) in [5.41, 5.74) is 0. The van der Waals surface area contributed by atoms with E-state index in [0.29, 0.717) is 13.0 Å². The lowest BCUT2D eigenvalue weighted by Gasteiger charge is -2.33. The van der Waals surface area contributed by atoms with E-state index < -0.39 is 0 Å². The number of ether oxygens (including phenoxy) is 1. The first-order chi connectivity index (χ1) is 9.61. The van der Waals surface area contributed by atoms with Crippen molar-refractivity contribution in [2.45, 2.75) is 38.6 Å². The average Bonchev–Trinajstić information content (AvgIpc) is 2.77. The highest BCUT2D eigenvalue weighted by Gasteiger charge is 2.27. The van der Waals surface area contributed by atoms with Crippen molar-refractivity contribution in [3.8, 4) is 0 Å². The number of carbonyl (C=O) groups is 1. The first-order valence-electron chi connectivity index (χ1n) is 6.96. The van der Waals surface area contributed by atoms with Gasteiger partial charge in [-0.25, -0.2) is 0 Å². The Labute approximate surface area is 140 Å². The van der Waals surface area contributed by atoms with Crippen molar-refractivity contribution in [3.05, 3.63) is 19.2 Å². The van der Waals surface area contributed by atoms with Gasteiger partial charge in [0, 0.05) is 9.35 Å². The number of hydrogen-bond donors (Lipinski definition) is 0. The SMILES string of the molecule is CCOC(=O)CC(c1cc(Br)c(Br)s1)N1CCCCC1. The first kappa shape index (κ1) is 16.5. The summed E-state index contributed by atoms with van der Waals surface area (Å²) in [6.45, 7) is 4.43. The van der Waals surface area contributed by atoms with Gasteiger partial charge >= 0.3 is 5.97 Å². The van der Waals surface area contributed by atoms with Gasteiger partial charge in [0.1, 0.15) is 0 Å². The topological polar surface area (TPSA) is 29.5 Å². The number of thiophene rings is 1. The van der Waals surface area contributed by atoms with Crippen LogP contribution in [0, 0.1) is 0 Å². The molecule has 1 aliphatic heterocycles. The normalized spacial score (nSPS) is 17.9. The molecule has 20 heavy (non-hydrogen) atoms.